The minimum atomic E-state index is 0.788. The molecular formula is C13H21BrN4. The molecule has 0 aliphatic carbocycles. The summed E-state index contributed by atoms with van der Waals surface area (Å²) < 4.78 is 1.08. The van der Waals surface area contributed by atoms with Gasteiger partial charge >= 0.3 is 0 Å². The summed E-state index contributed by atoms with van der Waals surface area (Å²) >= 11 is 3.58. The molecule has 18 heavy (non-hydrogen) atoms. The fourth-order valence-electron chi connectivity index (χ4n) is 2.37. The SMILES string of the molecule is NCCCN1CCCN(c2ccncc2Br)CC1. The molecule has 4 nitrogen and oxygen atoms in total. The molecule has 2 rings (SSSR count). The van der Waals surface area contributed by atoms with Crippen LogP contribution in [-0.2, 0) is 0 Å². The second-order valence-electron chi connectivity index (χ2n) is 4.65. The molecule has 1 aromatic rings. The first-order valence-electron chi connectivity index (χ1n) is 6.58. The number of nitrogens with zero attached hydrogens (tertiary/aromatic N) is 3. The van der Waals surface area contributed by atoms with Crippen molar-refractivity contribution < 1.29 is 0 Å². The molecule has 2 heterocycles. The van der Waals surface area contributed by atoms with E-state index in [0.717, 1.165) is 43.6 Å². The third-order valence-corrected chi connectivity index (χ3v) is 3.97. The maximum absolute atomic E-state index is 5.57. The van der Waals surface area contributed by atoms with Gasteiger partial charge in [-0.2, -0.15) is 0 Å². The number of nitrogens with two attached hydrogens (primary N) is 1. The van der Waals surface area contributed by atoms with Crippen molar-refractivity contribution in [3.8, 4) is 0 Å². The van der Waals surface area contributed by atoms with Crippen LogP contribution in [0.15, 0.2) is 22.9 Å². The minimum absolute atomic E-state index is 0.788. The van der Waals surface area contributed by atoms with Gasteiger partial charge in [0.05, 0.1) is 10.2 Å². The number of aromatic nitrogens is 1. The molecule has 1 saturated heterocycles. The highest BCUT2D eigenvalue weighted by molar-refractivity contribution is 9.10. The predicted octanol–water partition coefficient (Wildman–Crippen LogP) is 1.71. The van der Waals surface area contributed by atoms with Gasteiger partial charge in [-0.25, -0.2) is 0 Å². The molecule has 0 unspecified atom stereocenters. The van der Waals surface area contributed by atoms with Crippen molar-refractivity contribution >= 4 is 21.6 Å². The van der Waals surface area contributed by atoms with E-state index in [0.29, 0.717) is 0 Å². The van der Waals surface area contributed by atoms with Crippen LogP contribution in [0.1, 0.15) is 12.8 Å². The van der Waals surface area contributed by atoms with E-state index in [1.165, 1.54) is 18.7 Å². The molecule has 2 N–H and O–H groups in total. The summed E-state index contributed by atoms with van der Waals surface area (Å²) in [5, 5.41) is 0. The third-order valence-electron chi connectivity index (χ3n) is 3.36. The number of pyridine rings is 1. The van der Waals surface area contributed by atoms with Gasteiger partial charge in [0.1, 0.15) is 0 Å². The lowest BCUT2D eigenvalue weighted by atomic mass is 10.3. The second-order valence-corrected chi connectivity index (χ2v) is 5.51. The number of anilines is 1. The Morgan fingerprint density at radius 3 is 2.94 bits per heavy atom. The van der Waals surface area contributed by atoms with E-state index in [4.69, 9.17) is 5.73 Å². The molecule has 0 saturated carbocycles. The molecule has 0 spiro atoms. The summed E-state index contributed by atoms with van der Waals surface area (Å²) in [6.07, 6.45) is 6.03. The first kappa shape index (κ1) is 13.8. The minimum Gasteiger partial charge on any atom is -0.369 e. The summed E-state index contributed by atoms with van der Waals surface area (Å²) in [6, 6.07) is 2.08. The molecule has 0 radical (unpaired) electrons. The quantitative estimate of drug-likeness (QED) is 0.919. The van der Waals surface area contributed by atoms with Crippen LogP contribution in [0.2, 0.25) is 0 Å². The Bertz CT molecular complexity index is 372. The molecule has 1 aliphatic heterocycles. The van der Waals surface area contributed by atoms with Crippen molar-refractivity contribution in [1.29, 1.82) is 0 Å². The summed E-state index contributed by atoms with van der Waals surface area (Å²) in [5.41, 5.74) is 6.83. The van der Waals surface area contributed by atoms with Gasteiger partial charge < -0.3 is 15.5 Å². The first-order valence-corrected chi connectivity index (χ1v) is 7.37. The lowest BCUT2D eigenvalue weighted by Crippen LogP contribution is -2.32. The second kappa shape index (κ2) is 7.07. The fraction of sp³-hybridized carbons (Fsp3) is 0.615. The summed E-state index contributed by atoms with van der Waals surface area (Å²) in [6.45, 7) is 6.40. The fourth-order valence-corrected chi connectivity index (χ4v) is 2.88. The van der Waals surface area contributed by atoms with Crippen LogP contribution in [0.4, 0.5) is 5.69 Å². The van der Waals surface area contributed by atoms with E-state index < -0.39 is 0 Å². The summed E-state index contributed by atoms with van der Waals surface area (Å²) in [4.78, 5) is 9.08. The summed E-state index contributed by atoms with van der Waals surface area (Å²) in [7, 11) is 0. The zero-order valence-electron chi connectivity index (χ0n) is 10.7. The highest BCUT2D eigenvalue weighted by Crippen LogP contribution is 2.25. The molecule has 0 bridgehead atoms. The van der Waals surface area contributed by atoms with Crippen molar-refractivity contribution in [3.05, 3.63) is 22.9 Å². The van der Waals surface area contributed by atoms with Crippen molar-refractivity contribution in [3.63, 3.8) is 0 Å². The van der Waals surface area contributed by atoms with E-state index >= 15 is 0 Å². The van der Waals surface area contributed by atoms with Gasteiger partial charge in [-0.1, -0.05) is 0 Å². The van der Waals surface area contributed by atoms with Gasteiger partial charge in [0.15, 0.2) is 0 Å². The van der Waals surface area contributed by atoms with Crippen LogP contribution in [0, 0.1) is 0 Å². The lowest BCUT2D eigenvalue weighted by molar-refractivity contribution is 0.291. The number of rotatable bonds is 4. The largest absolute Gasteiger partial charge is 0.369 e. The monoisotopic (exact) mass is 312 g/mol. The number of halogens is 1. The Labute approximate surface area is 117 Å². The molecule has 1 aliphatic rings. The smallest absolute Gasteiger partial charge is 0.0592 e. The van der Waals surface area contributed by atoms with Gasteiger partial charge in [-0.05, 0) is 54.5 Å². The summed E-state index contributed by atoms with van der Waals surface area (Å²) in [5.74, 6) is 0. The van der Waals surface area contributed by atoms with E-state index in [1.54, 1.807) is 0 Å². The molecule has 0 atom stereocenters. The number of hydrogen-bond acceptors (Lipinski definition) is 4. The Balaban J connectivity index is 1.95. The van der Waals surface area contributed by atoms with Gasteiger partial charge in [0.25, 0.3) is 0 Å². The van der Waals surface area contributed by atoms with Crippen LogP contribution in [-0.4, -0.2) is 49.2 Å². The van der Waals surface area contributed by atoms with Crippen LogP contribution >= 0.6 is 15.9 Å². The van der Waals surface area contributed by atoms with Crippen LogP contribution in [0.5, 0.6) is 0 Å². The Kier molecular flexibility index (Phi) is 5.41. The van der Waals surface area contributed by atoms with Gasteiger partial charge in [0.2, 0.25) is 0 Å². The number of hydrogen-bond donors (Lipinski definition) is 1. The van der Waals surface area contributed by atoms with Crippen LogP contribution < -0.4 is 10.6 Å². The predicted molar refractivity (Wildman–Crippen MR) is 78.9 cm³/mol. The van der Waals surface area contributed by atoms with Crippen molar-refractivity contribution in [1.82, 2.24) is 9.88 Å². The third kappa shape index (κ3) is 3.67. The van der Waals surface area contributed by atoms with Crippen LogP contribution in [0.3, 0.4) is 0 Å². The normalized spacial score (nSPS) is 17.8. The average molecular weight is 313 g/mol. The van der Waals surface area contributed by atoms with Gasteiger partial charge in [-0.15, -0.1) is 0 Å². The van der Waals surface area contributed by atoms with Gasteiger partial charge in [-0.3, -0.25) is 4.98 Å². The highest BCUT2D eigenvalue weighted by atomic mass is 79.9. The molecule has 0 amide bonds. The van der Waals surface area contributed by atoms with E-state index in [9.17, 15) is 0 Å². The van der Waals surface area contributed by atoms with Crippen molar-refractivity contribution in [2.45, 2.75) is 12.8 Å². The average Bonchev–Trinajstić information content (AvgIpc) is 2.62. The van der Waals surface area contributed by atoms with Crippen molar-refractivity contribution in [2.75, 3.05) is 44.2 Å². The molecular weight excluding hydrogens is 292 g/mol. The zero-order chi connectivity index (χ0) is 12.8. The Hall–Kier alpha value is -0.650. The van der Waals surface area contributed by atoms with Crippen molar-refractivity contribution in [2.24, 2.45) is 5.73 Å². The maximum atomic E-state index is 5.57. The molecule has 0 aromatic carbocycles. The maximum Gasteiger partial charge on any atom is 0.0592 e. The standard InChI is InChI=1S/C13H21BrN4/c14-12-11-16-5-3-13(12)18-8-2-7-17(9-10-18)6-1-4-15/h3,5,11H,1-2,4,6-10,15H2. The van der Waals surface area contributed by atoms with E-state index in [2.05, 4.69) is 36.8 Å². The topological polar surface area (TPSA) is 45.4 Å². The van der Waals surface area contributed by atoms with E-state index in [-0.39, 0.29) is 0 Å². The lowest BCUT2D eigenvalue weighted by Gasteiger charge is -2.24. The zero-order valence-corrected chi connectivity index (χ0v) is 12.3. The molecule has 1 fully saturated rings. The Morgan fingerprint density at radius 1 is 1.28 bits per heavy atom. The van der Waals surface area contributed by atoms with Crippen LogP contribution in [0.25, 0.3) is 0 Å². The van der Waals surface area contributed by atoms with Gasteiger partial charge in [0, 0.05) is 32.0 Å². The Morgan fingerprint density at radius 2 is 2.17 bits per heavy atom. The van der Waals surface area contributed by atoms with E-state index in [1.807, 2.05) is 12.4 Å². The molecule has 1 aromatic heterocycles. The molecule has 5 heteroatoms. The highest BCUT2D eigenvalue weighted by Gasteiger charge is 2.16. The molecule has 100 valence electrons. The first-order chi connectivity index (χ1) is 8.81.